The summed E-state index contributed by atoms with van der Waals surface area (Å²) in [5.74, 6) is 0. The lowest BCUT2D eigenvalue weighted by Gasteiger charge is -1.93. The number of hydrogen-bond donors (Lipinski definition) is 0. The Bertz CT molecular complexity index is 72.6. The van der Waals surface area contributed by atoms with Crippen LogP contribution in [-0.4, -0.2) is 8.14 Å². The minimum Gasteiger partial charge on any atom is -0.130 e. The van der Waals surface area contributed by atoms with Gasteiger partial charge in [-0.15, -0.1) is 15.3 Å². The summed E-state index contributed by atoms with van der Waals surface area (Å²) in [5, 5.41) is 1.65. The van der Waals surface area contributed by atoms with Crippen LogP contribution in [-0.2, 0) is 0 Å². The minimum atomic E-state index is -0.00943. The lowest BCUT2D eigenvalue weighted by molar-refractivity contribution is 1.13. The van der Waals surface area contributed by atoms with E-state index < -0.39 is 0 Å². The van der Waals surface area contributed by atoms with Gasteiger partial charge in [0, 0.05) is 0 Å². The van der Waals surface area contributed by atoms with E-state index in [9.17, 15) is 0 Å². The molecule has 0 aromatic carbocycles. The van der Waals surface area contributed by atoms with E-state index in [0.717, 1.165) is 0 Å². The molecule has 0 aromatic heterocycles. The topological polar surface area (TPSA) is 0 Å². The third-order valence-electron chi connectivity index (χ3n) is 1.12. The Hall–Kier alpha value is 0.437. The largest absolute Gasteiger partial charge is 0.130 e. The molecule has 0 bridgehead atoms. The Labute approximate surface area is 61.8 Å². The van der Waals surface area contributed by atoms with Gasteiger partial charge in [0.1, 0.15) is 8.14 Å². The summed E-state index contributed by atoms with van der Waals surface area (Å²) < 4.78 is 0. The maximum absolute atomic E-state index is 3.55. The second kappa shape index (κ2) is 5.57. The summed E-state index contributed by atoms with van der Waals surface area (Å²) in [6.07, 6.45) is 4.77. The van der Waals surface area contributed by atoms with E-state index in [1.54, 1.807) is 5.20 Å². The van der Waals surface area contributed by atoms with Crippen molar-refractivity contribution in [2.24, 2.45) is 0 Å². The standard InChI is InChI=1S/C6H13BrSi/c1-3-5-6(4-2)8-7/h5H,3-4,8H2,1-2H3. The SMILES string of the molecule is CCC=C(CC)[SiH2]Br. The van der Waals surface area contributed by atoms with Gasteiger partial charge < -0.3 is 0 Å². The smallest absolute Gasteiger partial charge is 0.125 e. The first kappa shape index (κ1) is 8.44. The molecule has 0 rings (SSSR count). The Morgan fingerprint density at radius 2 is 2.25 bits per heavy atom. The summed E-state index contributed by atoms with van der Waals surface area (Å²) in [5.41, 5.74) is 0. The second-order valence-corrected chi connectivity index (χ2v) is 4.62. The van der Waals surface area contributed by atoms with Gasteiger partial charge in [-0.2, -0.15) is 0 Å². The van der Waals surface area contributed by atoms with E-state index in [0.29, 0.717) is 0 Å². The molecule has 0 nitrogen and oxygen atoms in total. The first-order valence-corrected chi connectivity index (χ1v) is 7.69. The molecule has 0 aliphatic rings. The Morgan fingerprint density at radius 3 is 2.38 bits per heavy atom. The van der Waals surface area contributed by atoms with Gasteiger partial charge >= 0.3 is 0 Å². The van der Waals surface area contributed by atoms with Gasteiger partial charge in [-0.1, -0.05) is 25.1 Å². The second-order valence-electron chi connectivity index (χ2n) is 1.76. The van der Waals surface area contributed by atoms with Gasteiger partial charge in [-0.25, -0.2) is 0 Å². The summed E-state index contributed by atoms with van der Waals surface area (Å²) in [6.45, 7) is 4.41. The molecule has 0 heterocycles. The van der Waals surface area contributed by atoms with Crippen molar-refractivity contribution in [2.45, 2.75) is 26.7 Å². The van der Waals surface area contributed by atoms with Crippen LogP contribution in [0, 0.1) is 0 Å². The van der Waals surface area contributed by atoms with Crippen LogP contribution < -0.4 is 0 Å². The van der Waals surface area contributed by atoms with Crippen LogP contribution in [0.15, 0.2) is 11.3 Å². The van der Waals surface area contributed by atoms with Crippen molar-refractivity contribution in [1.29, 1.82) is 0 Å². The molecule has 0 unspecified atom stereocenters. The molecule has 0 fully saturated rings. The molecular formula is C6H13BrSi. The summed E-state index contributed by atoms with van der Waals surface area (Å²) in [6, 6.07) is 0. The van der Waals surface area contributed by atoms with Crippen LogP contribution in [0.1, 0.15) is 26.7 Å². The van der Waals surface area contributed by atoms with Crippen LogP contribution in [0.25, 0.3) is 0 Å². The number of allylic oxidation sites excluding steroid dienone is 2. The van der Waals surface area contributed by atoms with Gasteiger partial charge in [0.15, 0.2) is 0 Å². The van der Waals surface area contributed by atoms with Gasteiger partial charge in [0.05, 0.1) is 0 Å². The van der Waals surface area contributed by atoms with Crippen molar-refractivity contribution in [1.82, 2.24) is 0 Å². The van der Waals surface area contributed by atoms with E-state index in [1.165, 1.54) is 12.8 Å². The quantitative estimate of drug-likeness (QED) is 0.476. The fourth-order valence-corrected chi connectivity index (χ4v) is 3.05. The maximum atomic E-state index is 3.55. The number of rotatable bonds is 3. The zero-order valence-electron chi connectivity index (χ0n) is 5.58. The molecule has 0 aliphatic carbocycles. The maximum Gasteiger partial charge on any atom is 0.125 e. The van der Waals surface area contributed by atoms with Gasteiger partial charge in [0.25, 0.3) is 0 Å². The summed E-state index contributed by atoms with van der Waals surface area (Å²) in [7, 11) is -0.00943. The van der Waals surface area contributed by atoms with Crippen LogP contribution in [0.3, 0.4) is 0 Å². The Kier molecular flexibility index (Phi) is 5.88. The zero-order chi connectivity index (χ0) is 6.41. The van der Waals surface area contributed by atoms with Crippen LogP contribution >= 0.6 is 15.3 Å². The van der Waals surface area contributed by atoms with E-state index in [1.807, 2.05) is 0 Å². The van der Waals surface area contributed by atoms with Gasteiger partial charge in [0.2, 0.25) is 0 Å². The Morgan fingerprint density at radius 1 is 1.62 bits per heavy atom. The lowest BCUT2D eigenvalue weighted by atomic mass is 10.3. The summed E-state index contributed by atoms with van der Waals surface area (Å²) in [4.78, 5) is 0. The van der Waals surface area contributed by atoms with Gasteiger partial charge in [-0.3, -0.25) is 0 Å². The monoisotopic (exact) mass is 192 g/mol. The van der Waals surface area contributed by atoms with Crippen LogP contribution in [0.5, 0.6) is 0 Å². The highest BCUT2D eigenvalue weighted by Crippen LogP contribution is 2.02. The predicted molar refractivity (Wildman–Crippen MR) is 46.1 cm³/mol. The minimum absolute atomic E-state index is 0.00943. The molecule has 0 radical (unpaired) electrons. The number of halogens is 1. The van der Waals surface area contributed by atoms with E-state index >= 15 is 0 Å². The van der Waals surface area contributed by atoms with Crippen molar-refractivity contribution in [3.05, 3.63) is 11.3 Å². The van der Waals surface area contributed by atoms with Crippen LogP contribution in [0.2, 0.25) is 0 Å². The van der Waals surface area contributed by atoms with Crippen molar-refractivity contribution < 1.29 is 0 Å². The molecule has 8 heavy (non-hydrogen) atoms. The average molecular weight is 193 g/mol. The van der Waals surface area contributed by atoms with E-state index in [-0.39, 0.29) is 8.14 Å². The van der Waals surface area contributed by atoms with Gasteiger partial charge in [-0.05, 0) is 12.8 Å². The first-order chi connectivity index (χ1) is 3.85. The van der Waals surface area contributed by atoms with E-state index in [2.05, 4.69) is 35.2 Å². The van der Waals surface area contributed by atoms with Crippen molar-refractivity contribution in [3.63, 3.8) is 0 Å². The molecule has 0 amide bonds. The molecule has 2 heteroatoms. The molecule has 0 N–H and O–H groups in total. The fourth-order valence-electron chi connectivity index (χ4n) is 0.582. The molecule has 0 saturated heterocycles. The van der Waals surface area contributed by atoms with E-state index in [4.69, 9.17) is 0 Å². The first-order valence-electron chi connectivity index (χ1n) is 3.09. The van der Waals surface area contributed by atoms with Crippen molar-refractivity contribution in [2.75, 3.05) is 0 Å². The fraction of sp³-hybridized carbons (Fsp3) is 0.667. The summed E-state index contributed by atoms with van der Waals surface area (Å²) >= 11 is 3.55. The molecule has 0 atom stereocenters. The average Bonchev–Trinajstić information content (AvgIpc) is 1.83. The van der Waals surface area contributed by atoms with Crippen molar-refractivity contribution in [3.8, 4) is 0 Å². The van der Waals surface area contributed by atoms with Crippen LogP contribution in [0.4, 0.5) is 0 Å². The highest BCUT2D eigenvalue weighted by atomic mass is 79.9. The zero-order valence-corrected chi connectivity index (χ0v) is 8.58. The molecule has 0 aliphatic heterocycles. The third kappa shape index (κ3) is 3.44. The molecule has 48 valence electrons. The lowest BCUT2D eigenvalue weighted by Crippen LogP contribution is -1.83. The molecule has 0 aromatic rings. The normalized spacial score (nSPS) is 13.6. The Balaban J connectivity index is 3.49. The molecule has 0 saturated carbocycles. The highest BCUT2D eigenvalue weighted by Gasteiger charge is 1.87. The molecule has 0 spiro atoms. The molecular weight excluding hydrogens is 180 g/mol. The number of hydrogen-bond acceptors (Lipinski definition) is 0. The highest BCUT2D eigenvalue weighted by molar-refractivity contribution is 9.23. The third-order valence-corrected chi connectivity index (χ3v) is 4.41. The predicted octanol–water partition coefficient (Wildman–Crippen LogP) is 2.17. The van der Waals surface area contributed by atoms with Crippen molar-refractivity contribution >= 4 is 23.4 Å².